The summed E-state index contributed by atoms with van der Waals surface area (Å²) < 4.78 is 5.01. The van der Waals surface area contributed by atoms with Crippen molar-refractivity contribution in [3.05, 3.63) is 0 Å². The lowest BCUT2D eigenvalue weighted by molar-refractivity contribution is -0.351. The van der Waals surface area contributed by atoms with Gasteiger partial charge < -0.3 is 20.3 Å². The highest BCUT2D eigenvalue weighted by molar-refractivity contribution is 5.77. The van der Waals surface area contributed by atoms with Gasteiger partial charge in [-0.15, -0.1) is 0 Å². The van der Waals surface area contributed by atoms with Crippen LogP contribution in [0.25, 0.3) is 0 Å². The minimum Gasteiger partial charge on any atom is -0.406 e. The fraction of sp³-hybridized carbons (Fsp3) is 0.950. The molecule has 0 spiro atoms. The van der Waals surface area contributed by atoms with Crippen molar-refractivity contribution in [1.82, 2.24) is 5.32 Å². The molecule has 0 aromatic heterocycles. The van der Waals surface area contributed by atoms with Crippen molar-refractivity contribution in [2.45, 2.75) is 245 Å². The van der Waals surface area contributed by atoms with Crippen LogP contribution in [0.5, 0.6) is 0 Å². The van der Waals surface area contributed by atoms with E-state index in [9.17, 15) is 19.8 Å². The predicted octanol–water partition coefficient (Wildman–Crippen LogP) is 11.6. The monoisotopic (exact) mass is 654 g/mol. The van der Waals surface area contributed by atoms with Gasteiger partial charge in [-0.05, 0) is 26.7 Å². The molecule has 0 aromatic carbocycles. The number of hydrogen-bond acceptors (Lipinski definition) is 5. The predicted molar refractivity (Wildman–Crippen MR) is 195 cm³/mol. The molecule has 1 amide bonds. The number of amides is 1. The van der Waals surface area contributed by atoms with Gasteiger partial charge in [-0.3, -0.25) is 9.59 Å². The summed E-state index contributed by atoms with van der Waals surface area (Å²) in [6, 6.07) is 0. The minimum atomic E-state index is -2.76. The first-order valence-electron chi connectivity index (χ1n) is 20.1. The highest BCUT2D eigenvalue weighted by Crippen LogP contribution is 2.23. The molecule has 0 saturated heterocycles. The number of hydrogen-bond donors (Lipinski definition) is 3. The van der Waals surface area contributed by atoms with Gasteiger partial charge in [0.1, 0.15) is 5.54 Å². The van der Waals surface area contributed by atoms with Gasteiger partial charge in [0.05, 0.1) is 0 Å². The Morgan fingerprint density at radius 2 is 0.717 bits per heavy atom. The summed E-state index contributed by atoms with van der Waals surface area (Å²) in [5, 5.41) is 23.6. The normalized spacial score (nSPS) is 12.0. The number of carbonyl (C=O) groups excluding carboxylic acids is 2. The van der Waals surface area contributed by atoms with Crippen molar-refractivity contribution >= 4 is 11.9 Å². The lowest BCUT2D eigenvalue weighted by atomic mass is 10.0. The molecule has 0 saturated carbocycles. The van der Waals surface area contributed by atoms with E-state index in [1.807, 2.05) is 0 Å². The zero-order chi connectivity index (χ0) is 34.2. The summed E-state index contributed by atoms with van der Waals surface area (Å²) in [6.45, 7) is 7.47. The number of unbranched alkanes of at least 4 members (excludes halogenated alkanes) is 28. The molecule has 0 aliphatic rings. The van der Waals surface area contributed by atoms with E-state index in [0.717, 1.165) is 32.1 Å². The topological polar surface area (TPSA) is 95.9 Å². The van der Waals surface area contributed by atoms with Gasteiger partial charge in [-0.1, -0.05) is 194 Å². The first-order valence-corrected chi connectivity index (χ1v) is 20.1. The molecule has 0 atom stereocenters. The maximum atomic E-state index is 12.5. The third-order valence-electron chi connectivity index (χ3n) is 9.51. The summed E-state index contributed by atoms with van der Waals surface area (Å²) in [6.07, 6.45) is 38.1. The number of aliphatic hydroxyl groups is 2. The van der Waals surface area contributed by atoms with Gasteiger partial charge in [0, 0.05) is 12.8 Å². The van der Waals surface area contributed by atoms with E-state index in [1.54, 1.807) is 0 Å². The Balaban J connectivity index is 3.77. The van der Waals surface area contributed by atoms with E-state index in [2.05, 4.69) is 19.2 Å². The summed E-state index contributed by atoms with van der Waals surface area (Å²) >= 11 is 0. The summed E-state index contributed by atoms with van der Waals surface area (Å²) in [5.41, 5.74) is -1.51. The lowest BCUT2D eigenvalue weighted by Gasteiger charge is -2.37. The molecule has 0 rings (SSSR count). The van der Waals surface area contributed by atoms with Crippen molar-refractivity contribution in [1.29, 1.82) is 0 Å². The van der Waals surface area contributed by atoms with E-state index in [1.165, 1.54) is 168 Å². The Bertz CT molecular complexity index is 635. The molecule has 6 nitrogen and oxygen atoms in total. The quantitative estimate of drug-likeness (QED) is 0.0359. The average Bonchev–Trinajstić information content (AvgIpc) is 3.00. The molecule has 6 heteroatoms. The van der Waals surface area contributed by atoms with E-state index < -0.39 is 17.5 Å². The zero-order valence-electron chi connectivity index (χ0n) is 31.2. The van der Waals surface area contributed by atoms with E-state index in [4.69, 9.17) is 4.74 Å². The van der Waals surface area contributed by atoms with Crippen LogP contribution in [-0.4, -0.2) is 33.6 Å². The Kier molecular flexibility index (Phi) is 30.4. The molecule has 0 aromatic rings. The molecule has 274 valence electrons. The molecule has 0 unspecified atom stereocenters. The van der Waals surface area contributed by atoms with E-state index >= 15 is 0 Å². The van der Waals surface area contributed by atoms with Crippen LogP contribution in [0.2, 0.25) is 0 Å². The third kappa shape index (κ3) is 27.9. The molecular weight excluding hydrogens is 574 g/mol. The van der Waals surface area contributed by atoms with Gasteiger partial charge >= 0.3 is 11.9 Å². The van der Waals surface area contributed by atoms with Gasteiger partial charge in [0.15, 0.2) is 0 Å². The largest absolute Gasteiger partial charge is 0.406 e. The van der Waals surface area contributed by atoms with Crippen LogP contribution in [0.3, 0.4) is 0 Å². The first-order chi connectivity index (χ1) is 22.2. The maximum Gasteiger partial charge on any atom is 0.348 e. The highest BCUT2D eigenvalue weighted by atomic mass is 16.8. The minimum absolute atomic E-state index is 0.143. The van der Waals surface area contributed by atoms with Crippen molar-refractivity contribution in [2.75, 3.05) is 0 Å². The smallest absolute Gasteiger partial charge is 0.348 e. The molecule has 46 heavy (non-hydrogen) atoms. The zero-order valence-corrected chi connectivity index (χ0v) is 31.2. The maximum absolute atomic E-state index is 12.5. The molecule has 0 bridgehead atoms. The first kappa shape index (κ1) is 44.9. The van der Waals surface area contributed by atoms with Crippen LogP contribution in [0.15, 0.2) is 0 Å². The van der Waals surface area contributed by atoms with Gasteiger partial charge in [-0.25, -0.2) is 0 Å². The number of rotatable bonds is 35. The highest BCUT2D eigenvalue weighted by Gasteiger charge is 2.47. The van der Waals surface area contributed by atoms with Crippen molar-refractivity contribution in [3.8, 4) is 0 Å². The molecule has 0 fully saturated rings. The van der Waals surface area contributed by atoms with Crippen LogP contribution < -0.4 is 5.32 Å². The van der Waals surface area contributed by atoms with E-state index in [0.29, 0.717) is 12.8 Å². The van der Waals surface area contributed by atoms with Gasteiger partial charge in [-0.2, -0.15) is 0 Å². The van der Waals surface area contributed by atoms with Gasteiger partial charge in [0.2, 0.25) is 5.91 Å². The number of ether oxygens (including phenoxy) is 1. The van der Waals surface area contributed by atoms with Gasteiger partial charge in [0.25, 0.3) is 0 Å². The average molecular weight is 654 g/mol. The summed E-state index contributed by atoms with van der Waals surface area (Å²) in [5.74, 6) is -3.67. The summed E-state index contributed by atoms with van der Waals surface area (Å²) in [7, 11) is 0. The Morgan fingerprint density at radius 1 is 0.457 bits per heavy atom. The number of esters is 1. The van der Waals surface area contributed by atoms with Crippen molar-refractivity contribution in [2.24, 2.45) is 0 Å². The SMILES string of the molecule is CCCCCCCCCCCCCCCCCC(=O)NC(C)(C)C(O)(O)OC(=O)CCCCCCCCCCCCCCCCC. The Labute approximate surface area is 286 Å². The Morgan fingerprint density at radius 3 is 1.02 bits per heavy atom. The lowest BCUT2D eigenvalue weighted by Crippen LogP contribution is -2.62. The molecule has 0 radical (unpaired) electrons. The fourth-order valence-electron chi connectivity index (χ4n) is 6.13. The summed E-state index contributed by atoms with van der Waals surface area (Å²) in [4.78, 5) is 24.8. The van der Waals surface area contributed by atoms with E-state index in [-0.39, 0.29) is 12.3 Å². The Hall–Kier alpha value is -1.14. The van der Waals surface area contributed by atoms with Crippen LogP contribution >= 0.6 is 0 Å². The molecule has 3 N–H and O–H groups in total. The number of carbonyl (C=O) groups is 2. The molecule has 0 heterocycles. The van der Waals surface area contributed by atoms with Crippen molar-refractivity contribution in [3.63, 3.8) is 0 Å². The molecular formula is C40H79NO5. The standard InChI is InChI=1S/C40H79NO5/c1-5-7-9-11-13-15-17-19-21-23-25-27-29-31-33-35-37(42)41-39(3,4)40(44,45)46-38(43)36-34-32-30-28-26-24-22-20-18-16-14-12-10-8-6-2/h44-45H,5-36H2,1-4H3,(H,41,42). The number of nitrogens with one attached hydrogen (secondary N) is 1. The van der Waals surface area contributed by atoms with Crippen LogP contribution in [-0.2, 0) is 14.3 Å². The third-order valence-corrected chi connectivity index (χ3v) is 9.51. The molecule has 0 aliphatic carbocycles. The second-order valence-electron chi connectivity index (χ2n) is 14.7. The second-order valence-corrected chi connectivity index (χ2v) is 14.7. The van der Waals surface area contributed by atoms with Crippen LogP contribution in [0.4, 0.5) is 0 Å². The van der Waals surface area contributed by atoms with Crippen LogP contribution in [0, 0.1) is 0 Å². The second kappa shape index (κ2) is 31.1. The van der Waals surface area contributed by atoms with Crippen LogP contribution in [0.1, 0.15) is 233 Å². The molecule has 0 aliphatic heterocycles. The van der Waals surface area contributed by atoms with Crippen molar-refractivity contribution < 1.29 is 24.5 Å². The fourth-order valence-corrected chi connectivity index (χ4v) is 6.13.